The summed E-state index contributed by atoms with van der Waals surface area (Å²) in [6.07, 6.45) is -4.50. The topological polar surface area (TPSA) is 76.2 Å². The number of hydrogen-bond donors (Lipinski definition) is 2. The summed E-state index contributed by atoms with van der Waals surface area (Å²) in [5, 5.41) is 9.41. The number of rotatable bonds is 2. The molecular weight excluding hydrogens is 340 g/mol. The molecule has 8 heteroatoms. The number of hydrogen-bond acceptors (Lipinski definition) is 3. The van der Waals surface area contributed by atoms with Crippen molar-refractivity contribution >= 4 is 22.6 Å². The van der Waals surface area contributed by atoms with Gasteiger partial charge >= 0.3 is 12.1 Å². The van der Waals surface area contributed by atoms with Gasteiger partial charge in [-0.15, -0.1) is 0 Å². The molecule has 4 nitrogen and oxygen atoms in total. The van der Waals surface area contributed by atoms with Crippen LogP contribution in [-0.4, -0.2) is 16.1 Å². The molecule has 0 aliphatic heterocycles. The molecule has 25 heavy (non-hydrogen) atoms. The third-order valence-electron chi connectivity index (χ3n) is 3.68. The van der Waals surface area contributed by atoms with Crippen LogP contribution in [0.1, 0.15) is 15.9 Å². The largest absolute Gasteiger partial charge is 0.478 e. The maximum absolute atomic E-state index is 13.4. The summed E-state index contributed by atoms with van der Waals surface area (Å²) in [6, 6.07) is 7.40. The second-order valence-corrected chi connectivity index (χ2v) is 5.29. The highest BCUT2D eigenvalue weighted by molar-refractivity contribution is 6.09. The zero-order valence-corrected chi connectivity index (χ0v) is 12.4. The Bertz CT molecular complexity index is 983. The molecule has 3 aromatic rings. The second kappa shape index (κ2) is 5.73. The van der Waals surface area contributed by atoms with Gasteiger partial charge < -0.3 is 10.8 Å². The molecule has 0 saturated carbocycles. The number of alkyl halides is 3. The van der Waals surface area contributed by atoms with Crippen LogP contribution in [0.15, 0.2) is 42.5 Å². The molecule has 0 radical (unpaired) electrons. The van der Waals surface area contributed by atoms with Crippen LogP contribution in [0.3, 0.4) is 0 Å². The maximum atomic E-state index is 13.4. The minimum absolute atomic E-state index is 0.0145. The lowest BCUT2D eigenvalue weighted by Gasteiger charge is -2.13. The Hall–Kier alpha value is -3.16. The molecular formula is C17H10F4N2O2. The van der Waals surface area contributed by atoms with Crippen LogP contribution in [0, 0.1) is 5.82 Å². The van der Waals surface area contributed by atoms with Crippen molar-refractivity contribution in [2.45, 2.75) is 6.18 Å². The molecule has 128 valence electrons. The summed E-state index contributed by atoms with van der Waals surface area (Å²) in [6.45, 7) is 0. The number of fused-ring (bicyclic) bond motifs is 1. The normalized spacial score (nSPS) is 11.7. The number of benzene rings is 2. The molecule has 1 aromatic heterocycles. The van der Waals surface area contributed by atoms with Crippen molar-refractivity contribution in [1.82, 2.24) is 4.98 Å². The quantitative estimate of drug-likeness (QED) is 0.674. The molecule has 3 N–H and O–H groups in total. The number of anilines is 1. The molecule has 0 saturated heterocycles. The van der Waals surface area contributed by atoms with E-state index in [0.717, 1.165) is 36.4 Å². The van der Waals surface area contributed by atoms with Gasteiger partial charge in [0.1, 0.15) is 5.82 Å². The van der Waals surface area contributed by atoms with Crippen molar-refractivity contribution in [2.24, 2.45) is 0 Å². The van der Waals surface area contributed by atoms with Crippen molar-refractivity contribution in [3.05, 3.63) is 59.4 Å². The highest BCUT2D eigenvalue weighted by Crippen LogP contribution is 2.35. The Morgan fingerprint density at radius 3 is 2.28 bits per heavy atom. The number of pyridine rings is 1. The van der Waals surface area contributed by atoms with Crippen molar-refractivity contribution < 1.29 is 27.5 Å². The van der Waals surface area contributed by atoms with Gasteiger partial charge in [0.25, 0.3) is 0 Å². The number of carboxylic acid groups (broad SMARTS) is 1. The monoisotopic (exact) mass is 350 g/mol. The van der Waals surface area contributed by atoms with Crippen LogP contribution in [-0.2, 0) is 6.18 Å². The highest BCUT2D eigenvalue weighted by Gasteiger charge is 2.30. The number of carbonyl (C=O) groups is 1. The van der Waals surface area contributed by atoms with E-state index in [4.69, 9.17) is 5.73 Å². The number of carboxylic acids is 1. The van der Waals surface area contributed by atoms with E-state index in [1.54, 1.807) is 0 Å². The summed E-state index contributed by atoms with van der Waals surface area (Å²) in [5.41, 5.74) is 4.83. The average molecular weight is 350 g/mol. The second-order valence-electron chi connectivity index (χ2n) is 5.29. The Balaban J connectivity index is 2.25. The van der Waals surface area contributed by atoms with Gasteiger partial charge in [-0.1, -0.05) is 12.1 Å². The van der Waals surface area contributed by atoms with Gasteiger partial charge in [-0.25, -0.2) is 14.2 Å². The fourth-order valence-electron chi connectivity index (χ4n) is 2.52. The minimum atomic E-state index is -4.50. The fraction of sp³-hybridized carbons (Fsp3) is 0.0588. The van der Waals surface area contributed by atoms with E-state index in [2.05, 4.69) is 4.98 Å². The Kier molecular flexibility index (Phi) is 3.82. The van der Waals surface area contributed by atoms with Crippen LogP contribution in [0.25, 0.3) is 22.2 Å². The zero-order valence-electron chi connectivity index (χ0n) is 12.4. The Labute approximate surface area is 138 Å². The summed E-state index contributed by atoms with van der Waals surface area (Å²) >= 11 is 0. The van der Waals surface area contributed by atoms with E-state index in [-0.39, 0.29) is 33.4 Å². The Morgan fingerprint density at radius 1 is 1.08 bits per heavy atom. The predicted octanol–water partition coefficient (Wildman–Crippen LogP) is 4.34. The van der Waals surface area contributed by atoms with Crippen LogP contribution >= 0.6 is 0 Å². The SMILES string of the molecule is Nc1c(-c2ccc(C(F)(F)F)cc2)nc2ccc(F)cc2c1C(=O)O. The van der Waals surface area contributed by atoms with Crippen molar-refractivity contribution in [3.63, 3.8) is 0 Å². The van der Waals surface area contributed by atoms with E-state index in [9.17, 15) is 27.5 Å². The van der Waals surface area contributed by atoms with E-state index < -0.39 is 23.5 Å². The van der Waals surface area contributed by atoms with Crippen molar-refractivity contribution in [1.29, 1.82) is 0 Å². The molecule has 0 bridgehead atoms. The van der Waals surface area contributed by atoms with Gasteiger partial charge in [0.2, 0.25) is 0 Å². The van der Waals surface area contributed by atoms with E-state index in [1.165, 1.54) is 6.07 Å². The lowest BCUT2D eigenvalue weighted by molar-refractivity contribution is -0.137. The first kappa shape index (κ1) is 16.7. The molecule has 0 unspecified atom stereocenters. The molecule has 2 aromatic carbocycles. The van der Waals surface area contributed by atoms with Crippen LogP contribution < -0.4 is 5.73 Å². The number of nitrogens with two attached hydrogens (primary N) is 1. The van der Waals surface area contributed by atoms with Crippen LogP contribution in [0.5, 0.6) is 0 Å². The summed E-state index contributed by atoms with van der Waals surface area (Å²) in [5.74, 6) is -2.04. The number of nitrogens with zero attached hydrogens (tertiary/aromatic N) is 1. The van der Waals surface area contributed by atoms with Gasteiger partial charge in [0, 0.05) is 10.9 Å². The molecule has 0 spiro atoms. The van der Waals surface area contributed by atoms with Gasteiger partial charge in [-0.3, -0.25) is 0 Å². The minimum Gasteiger partial charge on any atom is -0.478 e. The number of halogens is 4. The Morgan fingerprint density at radius 2 is 1.72 bits per heavy atom. The predicted molar refractivity (Wildman–Crippen MR) is 83.5 cm³/mol. The van der Waals surface area contributed by atoms with E-state index in [0.29, 0.717) is 0 Å². The zero-order chi connectivity index (χ0) is 18.4. The molecule has 0 aliphatic rings. The maximum Gasteiger partial charge on any atom is 0.416 e. The third-order valence-corrected chi connectivity index (χ3v) is 3.68. The van der Waals surface area contributed by atoms with Gasteiger partial charge in [-0.2, -0.15) is 13.2 Å². The summed E-state index contributed by atoms with van der Waals surface area (Å²) in [4.78, 5) is 15.7. The lowest BCUT2D eigenvalue weighted by Crippen LogP contribution is -2.08. The smallest absolute Gasteiger partial charge is 0.416 e. The third kappa shape index (κ3) is 2.98. The summed E-state index contributed by atoms with van der Waals surface area (Å²) in [7, 11) is 0. The van der Waals surface area contributed by atoms with Gasteiger partial charge in [0.15, 0.2) is 0 Å². The van der Waals surface area contributed by atoms with E-state index in [1.807, 2.05) is 0 Å². The fourth-order valence-corrected chi connectivity index (χ4v) is 2.52. The van der Waals surface area contributed by atoms with Gasteiger partial charge in [0.05, 0.1) is 28.0 Å². The van der Waals surface area contributed by atoms with Crippen molar-refractivity contribution in [3.8, 4) is 11.3 Å². The first-order valence-corrected chi connectivity index (χ1v) is 6.98. The van der Waals surface area contributed by atoms with Crippen LogP contribution in [0.4, 0.5) is 23.2 Å². The highest BCUT2D eigenvalue weighted by atomic mass is 19.4. The number of aromatic carboxylic acids is 1. The first-order chi connectivity index (χ1) is 11.7. The average Bonchev–Trinajstić information content (AvgIpc) is 2.53. The molecule has 0 amide bonds. The number of aromatic nitrogens is 1. The molecule has 0 atom stereocenters. The first-order valence-electron chi connectivity index (χ1n) is 6.98. The van der Waals surface area contributed by atoms with Crippen LogP contribution in [0.2, 0.25) is 0 Å². The molecule has 0 fully saturated rings. The van der Waals surface area contributed by atoms with Gasteiger partial charge in [-0.05, 0) is 30.3 Å². The van der Waals surface area contributed by atoms with Crippen molar-refractivity contribution in [2.75, 3.05) is 5.73 Å². The lowest BCUT2D eigenvalue weighted by atomic mass is 10.0. The van der Waals surface area contributed by atoms with E-state index >= 15 is 0 Å². The molecule has 0 aliphatic carbocycles. The number of nitrogen functional groups attached to an aromatic ring is 1. The molecule has 3 rings (SSSR count). The molecule has 1 heterocycles. The summed E-state index contributed by atoms with van der Waals surface area (Å²) < 4.78 is 51.4. The standard InChI is InChI=1S/C17H10F4N2O2/c18-10-5-6-12-11(7-10)13(16(24)25)14(22)15(23-12)8-1-3-9(4-2-8)17(19,20)21/h1-7H,22H2,(H,24,25).